The van der Waals surface area contributed by atoms with Crippen molar-refractivity contribution in [1.82, 2.24) is 5.43 Å². The lowest BCUT2D eigenvalue weighted by Gasteiger charge is -2.19. The largest absolute Gasteiger partial charge is 0.486 e. The van der Waals surface area contributed by atoms with E-state index in [0.29, 0.717) is 29.7 Å². The van der Waals surface area contributed by atoms with E-state index in [0.717, 1.165) is 10.5 Å². The van der Waals surface area contributed by atoms with Crippen molar-refractivity contribution in [3.05, 3.63) is 53.1 Å². The monoisotopic (exact) mass is 376 g/mol. The summed E-state index contributed by atoms with van der Waals surface area (Å²) in [6, 6.07) is 12.9. The van der Waals surface area contributed by atoms with Crippen LogP contribution in [0, 0.1) is 0 Å². The number of carbonyl (C=O) groups is 1. The summed E-state index contributed by atoms with van der Waals surface area (Å²) >= 11 is 7.30. The van der Waals surface area contributed by atoms with Crippen LogP contribution in [0.15, 0.2) is 52.5 Å². The minimum atomic E-state index is -0.289. The number of nitrogens with one attached hydrogen (secondary N) is 1. The zero-order valence-electron chi connectivity index (χ0n) is 13.6. The first-order chi connectivity index (χ1) is 12.1. The molecule has 0 saturated heterocycles. The molecule has 1 unspecified atom stereocenters. The summed E-state index contributed by atoms with van der Waals surface area (Å²) in [4.78, 5) is 13.1. The molecule has 0 fully saturated rings. The van der Waals surface area contributed by atoms with Crippen LogP contribution < -0.4 is 14.9 Å². The Bertz CT molecular complexity index is 780. The number of ether oxygens (including phenoxy) is 2. The summed E-state index contributed by atoms with van der Waals surface area (Å²) in [5.74, 6) is 1.15. The molecule has 2 aromatic carbocycles. The standard InChI is InChI=1S/C18H17ClN2O3S/c1-12(25-15-7-5-14(19)6-8-15)18(22)21-20-11-13-3-2-4-16-17(13)24-10-9-23-16/h2-8,11-12H,9-10H2,1H3,(H,21,22)/b20-11+. The average molecular weight is 377 g/mol. The summed E-state index contributed by atoms with van der Waals surface area (Å²) in [6.45, 7) is 2.86. The van der Waals surface area contributed by atoms with Gasteiger partial charge in [-0.15, -0.1) is 11.8 Å². The third-order valence-electron chi connectivity index (χ3n) is 3.47. The highest BCUT2D eigenvalue weighted by Gasteiger charge is 2.15. The molecule has 1 amide bonds. The van der Waals surface area contributed by atoms with Crippen LogP contribution in [0.3, 0.4) is 0 Å². The van der Waals surface area contributed by atoms with Gasteiger partial charge in [-0.1, -0.05) is 17.7 Å². The van der Waals surface area contributed by atoms with Crippen LogP contribution in [0.5, 0.6) is 11.5 Å². The second-order valence-corrected chi connectivity index (χ2v) is 7.17. The molecule has 3 rings (SSSR count). The SMILES string of the molecule is CC(Sc1ccc(Cl)cc1)C(=O)N/N=C/c1cccc2c1OCCO2. The third-order valence-corrected chi connectivity index (χ3v) is 4.83. The number of hydrogen-bond acceptors (Lipinski definition) is 5. The Kier molecular flexibility index (Phi) is 5.83. The molecule has 1 aliphatic heterocycles. The topological polar surface area (TPSA) is 59.9 Å². The lowest BCUT2D eigenvalue weighted by molar-refractivity contribution is -0.120. The highest BCUT2D eigenvalue weighted by molar-refractivity contribution is 8.00. The van der Waals surface area contributed by atoms with Gasteiger partial charge >= 0.3 is 0 Å². The summed E-state index contributed by atoms with van der Waals surface area (Å²) in [5.41, 5.74) is 3.32. The second kappa shape index (κ2) is 8.27. The Morgan fingerprint density at radius 1 is 1.24 bits per heavy atom. The number of hydrazone groups is 1. The zero-order chi connectivity index (χ0) is 17.6. The maximum atomic E-state index is 12.2. The van der Waals surface area contributed by atoms with Crippen molar-refractivity contribution in [3.8, 4) is 11.5 Å². The van der Waals surface area contributed by atoms with Crippen molar-refractivity contribution in [2.24, 2.45) is 5.10 Å². The highest BCUT2D eigenvalue weighted by Crippen LogP contribution is 2.32. The lowest BCUT2D eigenvalue weighted by atomic mass is 10.2. The van der Waals surface area contributed by atoms with Gasteiger partial charge in [0.05, 0.1) is 11.5 Å². The minimum absolute atomic E-state index is 0.182. The second-order valence-electron chi connectivity index (χ2n) is 5.32. The minimum Gasteiger partial charge on any atom is -0.486 e. The number of fused-ring (bicyclic) bond motifs is 1. The molecule has 1 atom stereocenters. The first-order valence-electron chi connectivity index (χ1n) is 7.77. The zero-order valence-corrected chi connectivity index (χ0v) is 15.1. The number of thioether (sulfide) groups is 1. The number of nitrogens with zero attached hydrogens (tertiary/aromatic N) is 1. The van der Waals surface area contributed by atoms with Crippen LogP contribution in [-0.2, 0) is 4.79 Å². The molecule has 2 aromatic rings. The van der Waals surface area contributed by atoms with Crippen molar-refractivity contribution >= 4 is 35.5 Å². The smallest absolute Gasteiger partial charge is 0.253 e. The molecule has 1 N–H and O–H groups in total. The molecule has 1 aliphatic rings. The average Bonchev–Trinajstić information content (AvgIpc) is 2.63. The molecule has 25 heavy (non-hydrogen) atoms. The van der Waals surface area contributed by atoms with E-state index in [1.54, 1.807) is 18.3 Å². The molecule has 0 aliphatic carbocycles. The van der Waals surface area contributed by atoms with Crippen molar-refractivity contribution < 1.29 is 14.3 Å². The Morgan fingerprint density at radius 2 is 2.00 bits per heavy atom. The predicted molar refractivity (Wildman–Crippen MR) is 99.9 cm³/mol. The summed E-state index contributed by atoms with van der Waals surface area (Å²) in [7, 11) is 0. The Hall–Kier alpha value is -2.18. The molecule has 0 saturated carbocycles. The van der Waals surface area contributed by atoms with Crippen LogP contribution in [0.25, 0.3) is 0 Å². The fraction of sp³-hybridized carbons (Fsp3) is 0.222. The van der Waals surface area contributed by atoms with Gasteiger partial charge in [0.15, 0.2) is 11.5 Å². The van der Waals surface area contributed by atoms with Gasteiger partial charge < -0.3 is 9.47 Å². The molecular weight excluding hydrogens is 360 g/mol. The lowest BCUT2D eigenvalue weighted by Crippen LogP contribution is -2.26. The molecule has 1 heterocycles. The predicted octanol–water partition coefficient (Wildman–Crippen LogP) is 3.74. The number of carbonyl (C=O) groups excluding carboxylic acids is 1. The highest BCUT2D eigenvalue weighted by atomic mass is 35.5. The number of halogens is 1. The molecule has 130 valence electrons. The summed E-state index contributed by atoms with van der Waals surface area (Å²) in [5, 5.41) is 4.41. The van der Waals surface area contributed by atoms with E-state index in [2.05, 4.69) is 10.5 Å². The van der Waals surface area contributed by atoms with E-state index in [1.165, 1.54) is 11.8 Å². The van der Waals surface area contributed by atoms with Gasteiger partial charge in [-0.05, 0) is 43.3 Å². The van der Waals surface area contributed by atoms with Gasteiger partial charge in [-0.25, -0.2) is 5.43 Å². The summed E-state index contributed by atoms with van der Waals surface area (Å²) in [6.07, 6.45) is 1.56. The van der Waals surface area contributed by atoms with Gasteiger partial charge in [0.1, 0.15) is 13.2 Å². The first-order valence-corrected chi connectivity index (χ1v) is 9.03. The fourth-order valence-electron chi connectivity index (χ4n) is 2.23. The van der Waals surface area contributed by atoms with E-state index < -0.39 is 0 Å². The van der Waals surface area contributed by atoms with E-state index >= 15 is 0 Å². The first kappa shape index (κ1) is 17.6. The van der Waals surface area contributed by atoms with Gasteiger partial charge in [-0.3, -0.25) is 4.79 Å². The molecule has 7 heteroatoms. The Labute approximate surface area is 155 Å². The third kappa shape index (κ3) is 4.67. The maximum Gasteiger partial charge on any atom is 0.253 e. The Morgan fingerprint density at radius 3 is 2.80 bits per heavy atom. The molecular formula is C18H17ClN2O3S. The molecule has 0 bridgehead atoms. The van der Waals surface area contributed by atoms with E-state index in [4.69, 9.17) is 21.1 Å². The number of hydrogen-bond donors (Lipinski definition) is 1. The molecule has 0 radical (unpaired) electrons. The van der Waals surface area contributed by atoms with Crippen molar-refractivity contribution in [1.29, 1.82) is 0 Å². The van der Waals surface area contributed by atoms with Crippen molar-refractivity contribution in [3.63, 3.8) is 0 Å². The van der Waals surface area contributed by atoms with Crippen molar-refractivity contribution in [2.75, 3.05) is 13.2 Å². The number of benzene rings is 2. The number of para-hydroxylation sites is 1. The number of rotatable bonds is 5. The van der Waals surface area contributed by atoms with Gasteiger partial charge in [-0.2, -0.15) is 5.10 Å². The van der Waals surface area contributed by atoms with E-state index in [-0.39, 0.29) is 11.2 Å². The van der Waals surface area contributed by atoms with E-state index in [9.17, 15) is 4.79 Å². The van der Waals surface area contributed by atoms with Crippen molar-refractivity contribution in [2.45, 2.75) is 17.1 Å². The van der Waals surface area contributed by atoms with Gasteiger partial charge in [0.25, 0.3) is 5.91 Å². The van der Waals surface area contributed by atoms with Crippen LogP contribution in [0.4, 0.5) is 0 Å². The van der Waals surface area contributed by atoms with Gasteiger partial charge in [0, 0.05) is 15.5 Å². The van der Waals surface area contributed by atoms with Crippen LogP contribution in [-0.4, -0.2) is 30.6 Å². The molecule has 0 spiro atoms. The normalized spacial score (nSPS) is 14.3. The number of amides is 1. The van der Waals surface area contributed by atoms with Gasteiger partial charge in [0.2, 0.25) is 0 Å². The van der Waals surface area contributed by atoms with Crippen LogP contribution in [0.2, 0.25) is 5.02 Å². The Balaban J connectivity index is 1.58. The quantitative estimate of drug-likeness (QED) is 0.490. The molecule has 0 aromatic heterocycles. The fourth-order valence-corrected chi connectivity index (χ4v) is 3.21. The maximum absolute atomic E-state index is 12.2. The van der Waals surface area contributed by atoms with E-state index in [1.807, 2.05) is 37.3 Å². The van der Waals surface area contributed by atoms with Crippen LogP contribution >= 0.6 is 23.4 Å². The van der Waals surface area contributed by atoms with Crippen LogP contribution in [0.1, 0.15) is 12.5 Å². The summed E-state index contributed by atoms with van der Waals surface area (Å²) < 4.78 is 11.1. The molecule has 5 nitrogen and oxygen atoms in total.